The summed E-state index contributed by atoms with van der Waals surface area (Å²) in [7, 11) is 0. The first-order valence-electron chi connectivity index (χ1n) is 7.32. The van der Waals surface area contributed by atoms with Crippen LogP contribution in [-0.4, -0.2) is 11.0 Å². The van der Waals surface area contributed by atoms with E-state index in [1.54, 1.807) is 0 Å². The van der Waals surface area contributed by atoms with Crippen LogP contribution >= 0.6 is 0 Å². The van der Waals surface area contributed by atoms with Crippen LogP contribution < -0.4 is 5.32 Å². The van der Waals surface area contributed by atoms with E-state index >= 15 is 0 Å². The van der Waals surface area contributed by atoms with E-state index in [0.29, 0.717) is 5.69 Å². The summed E-state index contributed by atoms with van der Waals surface area (Å²) in [6, 6.07) is 3.72. The lowest BCUT2D eigenvalue weighted by molar-refractivity contribution is -0.385. The van der Waals surface area contributed by atoms with Crippen LogP contribution in [0.25, 0.3) is 0 Å². The summed E-state index contributed by atoms with van der Waals surface area (Å²) in [5.74, 6) is 0. The van der Waals surface area contributed by atoms with E-state index in [2.05, 4.69) is 12.2 Å². The quantitative estimate of drug-likeness (QED) is 0.497. The summed E-state index contributed by atoms with van der Waals surface area (Å²) in [5, 5.41) is 13.8. The summed E-state index contributed by atoms with van der Waals surface area (Å²) in [6.45, 7) is 4.13. The second-order valence-corrected chi connectivity index (χ2v) is 5.10. The fraction of sp³-hybridized carbons (Fsp3) is 0.600. The van der Waals surface area contributed by atoms with Crippen LogP contribution in [0.4, 0.5) is 20.2 Å². The molecule has 0 aliphatic rings. The highest BCUT2D eigenvalue weighted by molar-refractivity contribution is 5.57. The Balaban J connectivity index is 2.96. The van der Waals surface area contributed by atoms with Crippen molar-refractivity contribution in [3.63, 3.8) is 0 Å². The highest BCUT2D eigenvalue weighted by atomic mass is 19.3. The van der Waals surface area contributed by atoms with E-state index in [1.165, 1.54) is 12.1 Å². The Morgan fingerprint density at radius 1 is 1.24 bits per heavy atom. The highest BCUT2D eigenvalue weighted by Gasteiger charge is 2.19. The van der Waals surface area contributed by atoms with E-state index in [0.717, 1.165) is 38.2 Å². The molecule has 1 unspecified atom stereocenters. The molecule has 21 heavy (non-hydrogen) atoms. The number of non-ortho nitro benzene ring substituents is 1. The fourth-order valence-electron chi connectivity index (χ4n) is 2.28. The van der Waals surface area contributed by atoms with E-state index in [9.17, 15) is 18.9 Å². The van der Waals surface area contributed by atoms with Crippen LogP contribution in [0, 0.1) is 10.1 Å². The van der Waals surface area contributed by atoms with Gasteiger partial charge in [0.25, 0.3) is 12.1 Å². The van der Waals surface area contributed by atoms with Crippen molar-refractivity contribution in [2.24, 2.45) is 0 Å². The Morgan fingerprint density at radius 2 is 1.95 bits per heavy atom. The smallest absolute Gasteiger partial charge is 0.270 e. The molecule has 1 aromatic rings. The third-order valence-electron chi connectivity index (χ3n) is 3.38. The van der Waals surface area contributed by atoms with Crippen LogP contribution in [0.5, 0.6) is 0 Å². The Bertz CT molecular complexity index is 467. The zero-order valence-electron chi connectivity index (χ0n) is 12.4. The van der Waals surface area contributed by atoms with Gasteiger partial charge in [0.15, 0.2) is 0 Å². The molecule has 1 N–H and O–H groups in total. The van der Waals surface area contributed by atoms with Crippen molar-refractivity contribution in [1.82, 2.24) is 0 Å². The number of benzene rings is 1. The number of hydrogen-bond donors (Lipinski definition) is 1. The molecular weight excluding hydrogens is 278 g/mol. The van der Waals surface area contributed by atoms with Gasteiger partial charge >= 0.3 is 0 Å². The first kappa shape index (κ1) is 17.3. The van der Waals surface area contributed by atoms with E-state index in [4.69, 9.17) is 0 Å². The molecule has 1 aromatic carbocycles. The van der Waals surface area contributed by atoms with Crippen LogP contribution in [0.3, 0.4) is 0 Å². The molecule has 6 heteroatoms. The SMILES string of the molecule is CCCCC(CCC)Nc1ccc([N+](=O)[O-])cc1C(F)F. The number of halogens is 2. The second-order valence-electron chi connectivity index (χ2n) is 5.10. The van der Waals surface area contributed by atoms with Crippen molar-refractivity contribution in [3.8, 4) is 0 Å². The number of unbranched alkanes of at least 4 members (excludes halogenated alkanes) is 1. The van der Waals surface area contributed by atoms with Crippen molar-refractivity contribution in [1.29, 1.82) is 0 Å². The minimum Gasteiger partial charge on any atom is -0.382 e. The zero-order valence-corrected chi connectivity index (χ0v) is 12.4. The van der Waals surface area contributed by atoms with Crippen molar-refractivity contribution in [2.45, 2.75) is 58.4 Å². The lowest BCUT2D eigenvalue weighted by Crippen LogP contribution is -2.20. The minimum atomic E-state index is -2.74. The number of alkyl halides is 2. The van der Waals surface area contributed by atoms with E-state index < -0.39 is 11.3 Å². The number of nitrogens with zero attached hydrogens (tertiary/aromatic N) is 1. The predicted octanol–water partition coefficient (Wildman–Crippen LogP) is 5.30. The van der Waals surface area contributed by atoms with Crippen molar-refractivity contribution in [3.05, 3.63) is 33.9 Å². The third kappa shape index (κ3) is 5.28. The molecule has 1 rings (SSSR count). The Kier molecular flexibility index (Phi) is 7.05. The van der Waals surface area contributed by atoms with Gasteiger partial charge in [0.1, 0.15) is 0 Å². The van der Waals surface area contributed by atoms with E-state index in [1.807, 2.05) is 6.92 Å². The van der Waals surface area contributed by atoms with Gasteiger partial charge in [-0.15, -0.1) is 0 Å². The summed E-state index contributed by atoms with van der Waals surface area (Å²) < 4.78 is 26.2. The second kappa shape index (κ2) is 8.54. The molecule has 0 heterocycles. The lowest BCUT2D eigenvalue weighted by Gasteiger charge is -2.21. The summed E-state index contributed by atoms with van der Waals surface area (Å²) in [4.78, 5) is 10.0. The molecule has 0 aromatic heterocycles. The molecular formula is C15H22F2N2O2. The molecule has 0 fully saturated rings. The average Bonchev–Trinajstić information content (AvgIpc) is 2.44. The number of nitrogens with one attached hydrogen (secondary N) is 1. The van der Waals surface area contributed by atoms with Gasteiger partial charge < -0.3 is 5.32 Å². The largest absolute Gasteiger partial charge is 0.382 e. The van der Waals surface area contributed by atoms with Crippen LogP contribution in [0.2, 0.25) is 0 Å². The van der Waals surface area contributed by atoms with Crippen molar-refractivity contribution in [2.75, 3.05) is 5.32 Å². The molecule has 1 atom stereocenters. The molecule has 0 amide bonds. The van der Waals surface area contributed by atoms with Crippen LogP contribution in [-0.2, 0) is 0 Å². The fourth-order valence-corrected chi connectivity index (χ4v) is 2.28. The standard InChI is InChI=1S/C15H22F2N2O2/c1-3-5-7-11(6-4-2)18-14-9-8-12(19(20)21)10-13(14)15(16)17/h8-11,15,18H,3-7H2,1-2H3. The van der Waals surface area contributed by atoms with Gasteiger partial charge in [0.2, 0.25) is 0 Å². The van der Waals surface area contributed by atoms with Gasteiger partial charge in [-0.05, 0) is 18.9 Å². The molecule has 4 nitrogen and oxygen atoms in total. The number of nitro benzene ring substituents is 1. The summed E-state index contributed by atoms with van der Waals surface area (Å²) in [5.41, 5.74) is -0.316. The number of nitro groups is 1. The molecule has 118 valence electrons. The van der Waals surface area contributed by atoms with Gasteiger partial charge in [-0.3, -0.25) is 10.1 Å². The van der Waals surface area contributed by atoms with Gasteiger partial charge in [0.05, 0.1) is 4.92 Å². The van der Waals surface area contributed by atoms with Gasteiger partial charge in [-0.2, -0.15) is 0 Å². The normalized spacial score (nSPS) is 12.4. The number of rotatable bonds is 9. The number of hydrogen-bond acceptors (Lipinski definition) is 3. The molecule has 0 aliphatic carbocycles. The summed E-state index contributed by atoms with van der Waals surface area (Å²) in [6.07, 6.45) is 2.08. The molecule has 0 saturated carbocycles. The van der Waals surface area contributed by atoms with Crippen LogP contribution in [0.15, 0.2) is 18.2 Å². The lowest BCUT2D eigenvalue weighted by atomic mass is 10.0. The Morgan fingerprint density at radius 3 is 2.48 bits per heavy atom. The third-order valence-corrected chi connectivity index (χ3v) is 3.38. The molecule has 0 saturated heterocycles. The van der Waals surface area contributed by atoms with Crippen molar-refractivity contribution >= 4 is 11.4 Å². The molecule has 0 aliphatic heterocycles. The van der Waals surface area contributed by atoms with Crippen molar-refractivity contribution < 1.29 is 13.7 Å². The molecule has 0 bridgehead atoms. The average molecular weight is 300 g/mol. The van der Waals surface area contributed by atoms with Gasteiger partial charge in [-0.25, -0.2) is 8.78 Å². The maximum atomic E-state index is 13.1. The van der Waals surface area contributed by atoms with Gasteiger partial charge in [-0.1, -0.05) is 33.1 Å². The monoisotopic (exact) mass is 300 g/mol. The first-order chi connectivity index (χ1) is 9.99. The molecule has 0 spiro atoms. The Hall–Kier alpha value is -1.72. The maximum absolute atomic E-state index is 13.1. The predicted molar refractivity (Wildman–Crippen MR) is 79.9 cm³/mol. The van der Waals surface area contributed by atoms with Gasteiger partial charge in [0, 0.05) is 29.4 Å². The summed E-state index contributed by atoms with van der Waals surface area (Å²) >= 11 is 0. The zero-order chi connectivity index (χ0) is 15.8. The molecule has 0 radical (unpaired) electrons. The minimum absolute atomic E-state index is 0.119. The Labute approximate surface area is 123 Å². The van der Waals surface area contributed by atoms with E-state index in [-0.39, 0.29) is 17.3 Å². The highest BCUT2D eigenvalue weighted by Crippen LogP contribution is 2.31. The first-order valence-corrected chi connectivity index (χ1v) is 7.32. The van der Waals surface area contributed by atoms with Crippen LogP contribution in [0.1, 0.15) is 57.9 Å². The number of anilines is 1. The maximum Gasteiger partial charge on any atom is 0.270 e. The topological polar surface area (TPSA) is 55.2 Å².